The summed E-state index contributed by atoms with van der Waals surface area (Å²) in [6.45, 7) is 1.24. The van der Waals surface area contributed by atoms with Gasteiger partial charge in [-0.3, -0.25) is 9.59 Å². The summed E-state index contributed by atoms with van der Waals surface area (Å²) < 4.78 is 1.05. The zero-order valence-corrected chi connectivity index (χ0v) is 24.7. The van der Waals surface area contributed by atoms with Crippen LogP contribution in [0.4, 0.5) is 0 Å². The summed E-state index contributed by atoms with van der Waals surface area (Å²) in [6.07, 6.45) is 10.6. The van der Waals surface area contributed by atoms with Crippen molar-refractivity contribution in [1.82, 2.24) is 10.6 Å². The molecule has 204 valence electrons. The average Bonchev–Trinajstić information content (AvgIpc) is 2.84. The second-order valence-corrected chi connectivity index (χ2v) is 10.2. The lowest BCUT2D eigenvalue weighted by atomic mass is 10.0. The Bertz CT molecular complexity index is 883. The van der Waals surface area contributed by atoms with Crippen LogP contribution in [0.3, 0.4) is 0 Å². The summed E-state index contributed by atoms with van der Waals surface area (Å²) in [5.41, 5.74) is 5.55. The van der Waals surface area contributed by atoms with Crippen LogP contribution in [0.5, 0.6) is 0 Å². The largest absolute Gasteiger partial charge is 1.00 e. The number of benzene rings is 2. The van der Waals surface area contributed by atoms with E-state index in [9.17, 15) is 9.59 Å². The van der Waals surface area contributed by atoms with Crippen LogP contribution in [-0.2, 0) is 16.0 Å². The molecule has 0 radical (unpaired) electrons. The van der Waals surface area contributed by atoms with E-state index < -0.39 is 6.04 Å². The van der Waals surface area contributed by atoms with E-state index in [1.54, 1.807) is 7.05 Å². The van der Waals surface area contributed by atoms with E-state index in [0.717, 1.165) is 28.3 Å². The fourth-order valence-corrected chi connectivity index (χ4v) is 4.18. The van der Waals surface area contributed by atoms with Crippen molar-refractivity contribution >= 4 is 22.6 Å². The Morgan fingerprint density at radius 1 is 0.833 bits per heavy atom. The molecule has 0 aromatic heterocycles. The van der Waals surface area contributed by atoms with Gasteiger partial charge in [-0.1, -0.05) is 74.6 Å². The third-order valence-corrected chi connectivity index (χ3v) is 6.13. The number of rotatable bonds is 15. The molecule has 0 saturated heterocycles. The lowest BCUT2D eigenvalue weighted by Gasteiger charge is -2.23. The van der Waals surface area contributed by atoms with Crippen molar-refractivity contribution in [3.63, 3.8) is 0 Å². The Morgan fingerprint density at radius 2 is 1.39 bits per heavy atom. The number of halogens is 1. The molecule has 1 atom stereocenters. The average molecular weight is 566 g/mol. The monoisotopic (exact) mass is 564 g/mol. The minimum absolute atomic E-state index is 0. The van der Waals surface area contributed by atoms with Gasteiger partial charge in [0.05, 0.1) is 27.7 Å². The first kappa shape index (κ1) is 34.0. The maximum Gasteiger partial charge on any atom is 0.242 e. The third kappa shape index (κ3) is 14.6. The number of fused-ring (bicyclic) bond motifs is 1. The minimum atomic E-state index is -0.546. The Balaban J connectivity index is 0.00000398. The Hall–Kier alpha value is -1.96. The first-order valence-corrected chi connectivity index (χ1v) is 13.2. The molecule has 36 heavy (non-hydrogen) atoms. The number of carbonyl (C=O) groups excluding carboxylic acids is 2. The molecule has 0 fully saturated rings. The quantitative estimate of drug-likeness (QED) is 0.226. The molecule has 0 unspecified atom stereocenters. The van der Waals surface area contributed by atoms with Crippen molar-refractivity contribution < 1.29 is 31.1 Å². The summed E-state index contributed by atoms with van der Waals surface area (Å²) in [4.78, 5) is 24.8. The van der Waals surface area contributed by atoms with E-state index in [2.05, 4.69) is 61.8 Å². The van der Waals surface area contributed by atoms with Gasteiger partial charge < -0.3 is 37.8 Å². The van der Waals surface area contributed by atoms with E-state index in [-0.39, 0.29) is 28.8 Å². The highest BCUT2D eigenvalue weighted by Gasteiger charge is 2.20. The van der Waals surface area contributed by atoms with Gasteiger partial charge in [-0.15, -0.1) is 0 Å². The number of nitrogens with one attached hydrogen (secondary N) is 2. The van der Waals surface area contributed by atoms with Crippen molar-refractivity contribution in [3.05, 3.63) is 48.0 Å². The number of nitrogens with two attached hydrogens (primary N) is 1. The molecule has 0 aliphatic heterocycles. The summed E-state index contributed by atoms with van der Waals surface area (Å²) in [5, 5.41) is 7.95. The van der Waals surface area contributed by atoms with Crippen LogP contribution < -0.4 is 33.3 Å². The molecule has 0 saturated carbocycles. The number of nitrogens with zero attached hydrogens (tertiary/aromatic N) is 1. The standard InChI is InChI=1S/C28H43N3O2.CH5N.BrH/c1-29-28(33)26(22-23-18-19-24-15-12-13-16-25(24)21-23)30-27(32)17-11-9-7-5-6-8-10-14-20-31(2,3)4;1-2;/h12-13,15-16,18-19,21,26H,5-11,14,17,20,22H2,1-4H3,(H-,29,30,32,33);2H2,1H3;1H/t26-;;/m1../s1. The molecule has 0 bridgehead atoms. The van der Waals surface area contributed by atoms with Crippen molar-refractivity contribution in [3.8, 4) is 0 Å². The van der Waals surface area contributed by atoms with E-state index in [1.807, 2.05) is 18.2 Å². The fraction of sp³-hybridized carbons (Fsp3) is 0.586. The van der Waals surface area contributed by atoms with Gasteiger partial charge in [0.25, 0.3) is 0 Å². The number of quaternary nitrogens is 1. The third-order valence-electron chi connectivity index (χ3n) is 6.13. The van der Waals surface area contributed by atoms with Crippen molar-refractivity contribution in [1.29, 1.82) is 0 Å². The highest BCUT2D eigenvalue weighted by Crippen LogP contribution is 2.17. The van der Waals surface area contributed by atoms with Crippen molar-refractivity contribution in [2.75, 3.05) is 41.8 Å². The van der Waals surface area contributed by atoms with Gasteiger partial charge >= 0.3 is 0 Å². The highest BCUT2D eigenvalue weighted by atomic mass is 79.9. The molecule has 7 heteroatoms. The Kier molecular flexibility index (Phi) is 18.1. The van der Waals surface area contributed by atoms with Gasteiger partial charge in [-0.25, -0.2) is 0 Å². The van der Waals surface area contributed by atoms with E-state index >= 15 is 0 Å². The number of hydrogen-bond acceptors (Lipinski definition) is 3. The zero-order valence-electron chi connectivity index (χ0n) is 23.1. The Morgan fingerprint density at radius 3 is 1.97 bits per heavy atom. The minimum Gasteiger partial charge on any atom is -1.00 e. The second-order valence-electron chi connectivity index (χ2n) is 10.2. The highest BCUT2D eigenvalue weighted by molar-refractivity contribution is 5.88. The maximum atomic E-state index is 12.5. The van der Waals surface area contributed by atoms with Gasteiger partial charge in [0.15, 0.2) is 0 Å². The van der Waals surface area contributed by atoms with Crippen molar-refractivity contribution in [2.24, 2.45) is 5.73 Å². The number of amides is 2. The molecule has 0 heterocycles. The molecular formula is C29H49BrN4O2. The van der Waals surface area contributed by atoms with Crippen molar-refractivity contribution in [2.45, 2.75) is 70.3 Å². The van der Waals surface area contributed by atoms with Crippen LogP contribution in [0, 0.1) is 0 Å². The number of unbranched alkanes of at least 4 members (excludes halogenated alkanes) is 7. The van der Waals surface area contributed by atoms with Gasteiger partial charge in [-0.05, 0) is 42.6 Å². The van der Waals surface area contributed by atoms with Gasteiger partial charge in [0.2, 0.25) is 11.8 Å². The van der Waals surface area contributed by atoms with Gasteiger partial charge in [-0.2, -0.15) is 0 Å². The van der Waals surface area contributed by atoms with Crippen LogP contribution >= 0.6 is 0 Å². The molecule has 4 N–H and O–H groups in total. The van der Waals surface area contributed by atoms with Crippen LogP contribution in [0.25, 0.3) is 10.8 Å². The maximum absolute atomic E-state index is 12.5. The van der Waals surface area contributed by atoms with Crippen LogP contribution in [0.1, 0.15) is 63.4 Å². The van der Waals surface area contributed by atoms with Crippen LogP contribution in [-0.4, -0.2) is 64.1 Å². The summed E-state index contributed by atoms with van der Waals surface area (Å²) in [6, 6.07) is 13.8. The smallest absolute Gasteiger partial charge is 0.242 e. The second kappa shape index (κ2) is 19.2. The summed E-state index contributed by atoms with van der Waals surface area (Å²) in [5.74, 6) is -0.188. The molecule has 6 nitrogen and oxygen atoms in total. The van der Waals surface area contributed by atoms with E-state index in [1.165, 1.54) is 57.5 Å². The van der Waals surface area contributed by atoms with E-state index in [4.69, 9.17) is 0 Å². The summed E-state index contributed by atoms with van der Waals surface area (Å²) in [7, 11) is 9.85. The first-order valence-electron chi connectivity index (χ1n) is 13.2. The SMILES string of the molecule is CN.CNC(=O)[C@@H](Cc1ccc2ccccc2c1)NC(=O)CCCCCCCCCC[N+](C)(C)C.[Br-]. The molecule has 2 rings (SSSR count). The van der Waals surface area contributed by atoms with E-state index in [0.29, 0.717) is 12.8 Å². The summed E-state index contributed by atoms with van der Waals surface area (Å²) >= 11 is 0. The molecule has 2 aromatic rings. The number of likely N-dealkylation sites (N-methyl/N-ethyl adjacent to an activating group) is 1. The van der Waals surface area contributed by atoms with Crippen LogP contribution in [0.2, 0.25) is 0 Å². The lowest BCUT2D eigenvalue weighted by Crippen LogP contribution is -3.00. The molecular weight excluding hydrogens is 516 g/mol. The molecule has 2 aromatic carbocycles. The predicted molar refractivity (Wildman–Crippen MR) is 148 cm³/mol. The normalized spacial score (nSPS) is 11.6. The van der Waals surface area contributed by atoms with Crippen LogP contribution in [0.15, 0.2) is 42.5 Å². The first-order chi connectivity index (χ1) is 16.8. The number of carbonyl (C=O) groups is 2. The predicted octanol–water partition coefficient (Wildman–Crippen LogP) is 1.41. The molecule has 0 aliphatic rings. The molecule has 0 spiro atoms. The van der Waals surface area contributed by atoms with Gasteiger partial charge in [0, 0.05) is 19.9 Å². The molecule has 0 aliphatic carbocycles. The lowest BCUT2D eigenvalue weighted by molar-refractivity contribution is -0.870. The molecule has 2 amide bonds. The van der Waals surface area contributed by atoms with Gasteiger partial charge in [0.1, 0.15) is 6.04 Å². The topological polar surface area (TPSA) is 84.2 Å². The number of hydrogen-bond donors (Lipinski definition) is 3. The Labute approximate surface area is 229 Å². The fourth-order valence-electron chi connectivity index (χ4n) is 4.18. The zero-order chi connectivity index (χ0) is 26.1.